The summed E-state index contributed by atoms with van der Waals surface area (Å²) in [7, 11) is 1.54. The van der Waals surface area contributed by atoms with Gasteiger partial charge in [-0.05, 0) is 12.8 Å². The Kier molecular flexibility index (Phi) is 2.68. The lowest BCUT2D eigenvalue weighted by molar-refractivity contribution is -0.132. The second-order valence-corrected chi connectivity index (χ2v) is 2.34. The summed E-state index contributed by atoms with van der Waals surface area (Å²) in [5, 5.41) is 0. The molecule has 0 saturated carbocycles. The average Bonchev–Trinajstić information content (AvgIpc) is 2.38. The lowest BCUT2D eigenvalue weighted by Crippen LogP contribution is -2.28. The van der Waals surface area contributed by atoms with E-state index in [-0.39, 0.29) is 12.5 Å². The maximum Gasteiger partial charge on any atom is 0.248 e. The first-order chi connectivity index (χ1) is 4.84. The molecule has 57 valence electrons. The molecule has 10 heavy (non-hydrogen) atoms. The van der Waals surface area contributed by atoms with Crippen LogP contribution in [-0.4, -0.2) is 31.1 Å². The molecule has 0 unspecified atom stereocenters. The Morgan fingerprint density at radius 1 is 1.80 bits per heavy atom. The van der Waals surface area contributed by atoms with Crippen LogP contribution in [0.5, 0.6) is 0 Å². The minimum Gasteiger partial charge on any atom is -0.375 e. The molecule has 0 aromatic heterocycles. The van der Waals surface area contributed by atoms with Crippen molar-refractivity contribution in [2.75, 3.05) is 20.3 Å². The molecule has 0 aromatic carbocycles. The summed E-state index contributed by atoms with van der Waals surface area (Å²) in [5.74, 6) is 0.0694. The summed E-state index contributed by atoms with van der Waals surface area (Å²) in [4.78, 5) is 12.7. The van der Waals surface area contributed by atoms with Gasteiger partial charge in [0.05, 0.1) is 6.54 Å². The number of carbonyl (C=O) groups excluding carboxylic acids is 1. The van der Waals surface area contributed by atoms with Crippen LogP contribution in [0.15, 0.2) is 0 Å². The Morgan fingerprint density at radius 2 is 2.60 bits per heavy atom. The largest absolute Gasteiger partial charge is 0.375 e. The normalized spacial score (nSPS) is 17.9. The van der Waals surface area contributed by atoms with Crippen molar-refractivity contribution in [2.24, 2.45) is 0 Å². The van der Waals surface area contributed by atoms with Crippen molar-refractivity contribution in [2.45, 2.75) is 12.8 Å². The van der Waals surface area contributed by atoms with Crippen molar-refractivity contribution in [3.63, 3.8) is 0 Å². The number of carbonyl (C=O) groups is 1. The smallest absolute Gasteiger partial charge is 0.248 e. The summed E-state index contributed by atoms with van der Waals surface area (Å²) < 4.78 is 4.70. The number of methoxy groups -OCH3 is 1. The van der Waals surface area contributed by atoms with Gasteiger partial charge in [0.1, 0.15) is 6.61 Å². The monoisotopic (exact) mass is 142 g/mol. The van der Waals surface area contributed by atoms with Gasteiger partial charge in [-0.3, -0.25) is 4.79 Å². The van der Waals surface area contributed by atoms with Crippen molar-refractivity contribution < 1.29 is 9.53 Å². The Morgan fingerprint density at radius 3 is 3.10 bits per heavy atom. The minimum absolute atomic E-state index is 0.0694. The second kappa shape index (κ2) is 3.56. The van der Waals surface area contributed by atoms with Crippen LogP contribution in [0.3, 0.4) is 0 Å². The number of hydrogen-bond acceptors (Lipinski definition) is 2. The van der Waals surface area contributed by atoms with E-state index in [0.717, 1.165) is 19.4 Å². The molecule has 3 nitrogen and oxygen atoms in total. The average molecular weight is 142 g/mol. The summed E-state index contributed by atoms with van der Waals surface area (Å²) in [6.45, 7) is 3.00. The third-order valence-electron chi connectivity index (χ3n) is 1.54. The third kappa shape index (κ3) is 1.70. The molecule has 0 N–H and O–H groups in total. The molecule has 1 aliphatic rings. The lowest BCUT2D eigenvalue weighted by Gasteiger charge is -2.12. The van der Waals surface area contributed by atoms with E-state index in [2.05, 4.69) is 0 Å². The van der Waals surface area contributed by atoms with Gasteiger partial charge in [-0.1, -0.05) is 0 Å². The fraction of sp³-hybridized carbons (Fsp3) is 0.714. The molecule has 0 atom stereocenters. The standard InChI is InChI=1S/C7H12NO2/c1-10-6-7(9)8-4-2-3-5-8/h4H,2-3,5-6H2,1H3. The minimum atomic E-state index is 0.0694. The zero-order valence-electron chi connectivity index (χ0n) is 6.17. The van der Waals surface area contributed by atoms with Crippen molar-refractivity contribution in [1.29, 1.82) is 0 Å². The Labute approximate surface area is 61.0 Å². The highest BCUT2D eigenvalue weighted by molar-refractivity contribution is 5.78. The van der Waals surface area contributed by atoms with Gasteiger partial charge < -0.3 is 9.64 Å². The molecule has 1 saturated heterocycles. The SMILES string of the molecule is COCC(=O)N1[CH]CCC1. The van der Waals surface area contributed by atoms with Crippen LogP contribution in [0, 0.1) is 6.54 Å². The molecule has 0 spiro atoms. The van der Waals surface area contributed by atoms with Gasteiger partial charge in [-0.15, -0.1) is 0 Å². The molecule has 0 bridgehead atoms. The van der Waals surface area contributed by atoms with Crippen LogP contribution in [0.1, 0.15) is 12.8 Å². The van der Waals surface area contributed by atoms with Gasteiger partial charge >= 0.3 is 0 Å². The summed E-state index contributed by atoms with van der Waals surface area (Å²) in [6, 6.07) is 0. The highest BCUT2D eigenvalue weighted by atomic mass is 16.5. The third-order valence-corrected chi connectivity index (χ3v) is 1.54. The first-order valence-electron chi connectivity index (χ1n) is 3.46. The summed E-state index contributed by atoms with van der Waals surface area (Å²) in [6.07, 6.45) is 2.12. The molecular weight excluding hydrogens is 130 g/mol. The highest BCUT2D eigenvalue weighted by Gasteiger charge is 2.17. The molecule has 1 fully saturated rings. The van der Waals surface area contributed by atoms with Gasteiger partial charge in [-0.2, -0.15) is 0 Å². The predicted octanol–water partition coefficient (Wildman–Crippen LogP) is 0.417. The fourth-order valence-corrected chi connectivity index (χ4v) is 1.03. The zero-order valence-corrected chi connectivity index (χ0v) is 6.17. The van der Waals surface area contributed by atoms with Crippen molar-refractivity contribution in [3.05, 3.63) is 6.54 Å². The molecule has 0 aromatic rings. The number of amides is 1. The van der Waals surface area contributed by atoms with Crippen LogP contribution in [-0.2, 0) is 9.53 Å². The van der Waals surface area contributed by atoms with Crippen LogP contribution in [0.2, 0.25) is 0 Å². The number of nitrogens with zero attached hydrogens (tertiary/aromatic N) is 1. The zero-order chi connectivity index (χ0) is 7.40. The molecule has 1 aliphatic heterocycles. The number of ether oxygens (including phenoxy) is 1. The van der Waals surface area contributed by atoms with E-state index in [9.17, 15) is 4.79 Å². The van der Waals surface area contributed by atoms with E-state index in [4.69, 9.17) is 4.74 Å². The van der Waals surface area contributed by atoms with Crippen LogP contribution >= 0.6 is 0 Å². The highest BCUT2D eigenvalue weighted by Crippen LogP contribution is 2.11. The predicted molar refractivity (Wildman–Crippen MR) is 37.1 cm³/mol. The molecule has 0 aliphatic carbocycles. The quantitative estimate of drug-likeness (QED) is 0.559. The maximum atomic E-state index is 11.0. The maximum absolute atomic E-state index is 11.0. The van der Waals surface area contributed by atoms with E-state index in [1.807, 2.05) is 6.54 Å². The molecule has 1 rings (SSSR count). The summed E-state index contributed by atoms with van der Waals surface area (Å²) >= 11 is 0. The van der Waals surface area contributed by atoms with E-state index in [0.29, 0.717) is 0 Å². The first-order valence-corrected chi connectivity index (χ1v) is 3.46. The summed E-state index contributed by atoms with van der Waals surface area (Å²) in [5.41, 5.74) is 0. The Hall–Kier alpha value is -0.570. The van der Waals surface area contributed by atoms with E-state index in [1.165, 1.54) is 7.11 Å². The first kappa shape index (κ1) is 7.54. The topological polar surface area (TPSA) is 29.5 Å². The van der Waals surface area contributed by atoms with Crippen LogP contribution in [0.4, 0.5) is 0 Å². The molecular formula is C7H12NO2. The number of rotatable bonds is 2. The van der Waals surface area contributed by atoms with Gasteiger partial charge in [0, 0.05) is 13.7 Å². The van der Waals surface area contributed by atoms with Crippen molar-refractivity contribution in [1.82, 2.24) is 4.90 Å². The van der Waals surface area contributed by atoms with Gasteiger partial charge in [0.2, 0.25) is 5.91 Å². The van der Waals surface area contributed by atoms with Gasteiger partial charge in [0.15, 0.2) is 0 Å². The Balaban J connectivity index is 2.25. The van der Waals surface area contributed by atoms with Crippen LogP contribution in [0.25, 0.3) is 0 Å². The fourth-order valence-electron chi connectivity index (χ4n) is 1.03. The number of hydrogen-bond donors (Lipinski definition) is 0. The molecule has 1 radical (unpaired) electrons. The Bertz CT molecular complexity index is 119. The van der Waals surface area contributed by atoms with E-state index < -0.39 is 0 Å². The van der Waals surface area contributed by atoms with E-state index in [1.54, 1.807) is 4.90 Å². The van der Waals surface area contributed by atoms with Crippen LogP contribution < -0.4 is 0 Å². The van der Waals surface area contributed by atoms with Crippen molar-refractivity contribution >= 4 is 5.91 Å². The molecule has 3 heteroatoms. The molecule has 1 amide bonds. The van der Waals surface area contributed by atoms with E-state index >= 15 is 0 Å². The van der Waals surface area contributed by atoms with Crippen molar-refractivity contribution in [3.8, 4) is 0 Å². The lowest BCUT2D eigenvalue weighted by atomic mass is 10.4. The second-order valence-electron chi connectivity index (χ2n) is 2.34. The molecule has 1 heterocycles. The van der Waals surface area contributed by atoms with Gasteiger partial charge in [-0.25, -0.2) is 0 Å². The van der Waals surface area contributed by atoms with Gasteiger partial charge in [0.25, 0.3) is 0 Å². The number of likely N-dealkylation sites (tertiary alicyclic amines) is 1.